The van der Waals surface area contributed by atoms with E-state index in [9.17, 15) is 4.79 Å². The van der Waals surface area contributed by atoms with E-state index in [1.54, 1.807) is 11.8 Å². The fourth-order valence-corrected chi connectivity index (χ4v) is 2.97. The van der Waals surface area contributed by atoms with Crippen LogP contribution in [0.3, 0.4) is 0 Å². The van der Waals surface area contributed by atoms with Gasteiger partial charge in [-0.1, -0.05) is 26.2 Å². The minimum Gasteiger partial charge on any atom is -0.353 e. The number of allylic oxidation sites excluding steroid dienone is 2. The molecule has 0 saturated heterocycles. The number of thioether (sulfide) groups is 2. The Balaban J connectivity index is 3.85. The van der Waals surface area contributed by atoms with E-state index in [1.165, 1.54) is 15.9 Å². The number of nitrogens with one attached hydrogen (secondary N) is 1. The molecule has 4 heteroatoms. The maximum atomic E-state index is 10.9. The van der Waals surface area contributed by atoms with Crippen LogP contribution in [0, 0.1) is 0 Å². The van der Waals surface area contributed by atoms with E-state index in [-0.39, 0.29) is 5.91 Å². The molecule has 0 aromatic heterocycles. The second-order valence-electron chi connectivity index (χ2n) is 3.25. The lowest BCUT2D eigenvalue weighted by Gasteiger charge is -2.07. The average molecular weight is 271 g/mol. The lowest BCUT2D eigenvalue weighted by Crippen LogP contribution is -2.22. The van der Waals surface area contributed by atoms with Crippen molar-refractivity contribution >= 4 is 29.4 Å². The highest BCUT2D eigenvalue weighted by molar-refractivity contribution is 8.06. The highest BCUT2D eigenvalue weighted by atomic mass is 32.2. The maximum Gasteiger partial charge on any atom is 0.243 e. The van der Waals surface area contributed by atoms with E-state index < -0.39 is 0 Å². The van der Waals surface area contributed by atoms with Gasteiger partial charge in [0.25, 0.3) is 0 Å². The van der Waals surface area contributed by atoms with Crippen LogP contribution in [0.5, 0.6) is 0 Å². The number of amides is 1. The molecule has 0 aliphatic carbocycles. The van der Waals surface area contributed by atoms with Crippen molar-refractivity contribution < 1.29 is 4.79 Å². The summed E-state index contributed by atoms with van der Waals surface area (Å²) in [5.41, 5.74) is 0. The van der Waals surface area contributed by atoms with Gasteiger partial charge in [-0.05, 0) is 35.8 Å². The van der Waals surface area contributed by atoms with Gasteiger partial charge in [-0.2, -0.15) is 0 Å². The summed E-state index contributed by atoms with van der Waals surface area (Å²) >= 11 is 3.63. The van der Waals surface area contributed by atoms with Gasteiger partial charge in [0, 0.05) is 11.4 Å². The summed E-state index contributed by atoms with van der Waals surface area (Å²) in [7, 11) is 0. The Labute approximate surface area is 113 Å². The van der Waals surface area contributed by atoms with Crippen molar-refractivity contribution in [3.63, 3.8) is 0 Å². The molecule has 17 heavy (non-hydrogen) atoms. The molecular formula is C13H21NOS2. The molecule has 0 saturated carbocycles. The molecule has 2 nitrogen and oxygen atoms in total. The van der Waals surface area contributed by atoms with Crippen molar-refractivity contribution in [2.24, 2.45) is 0 Å². The van der Waals surface area contributed by atoms with Crippen LogP contribution >= 0.6 is 23.5 Å². The molecule has 0 fully saturated rings. The number of hydrogen-bond acceptors (Lipinski definition) is 3. The highest BCUT2D eigenvalue weighted by Crippen LogP contribution is 2.28. The van der Waals surface area contributed by atoms with Gasteiger partial charge in [0.1, 0.15) is 0 Å². The van der Waals surface area contributed by atoms with Gasteiger partial charge in [0.2, 0.25) is 5.91 Å². The third kappa shape index (κ3) is 8.16. The topological polar surface area (TPSA) is 29.1 Å². The summed E-state index contributed by atoms with van der Waals surface area (Å²) in [5, 5.41) is 2.76. The first-order chi connectivity index (χ1) is 8.15. The van der Waals surface area contributed by atoms with Crippen molar-refractivity contribution in [1.29, 1.82) is 0 Å². The zero-order chi connectivity index (χ0) is 13.1. The molecule has 0 heterocycles. The molecule has 0 aromatic carbocycles. The van der Waals surface area contributed by atoms with E-state index in [0.29, 0.717) is 6.54 Å². The number of hydrogen-bond donors (Lipinski definition) is 1. The molecule has 1 amide bonds. The summed E-state index contributed by atoms with van der Waals surface area (Å²) in [6.45, 7) is 12.2. The summed E-state index contributed by atoms with van der Waals surface area (Å²) in [5.74, 6) is 1.96. The van der Waals surface area contributed by atoms with Crippen molar-refractivity contribution in [2.75, 3.05) is 18.1 Å². The fourth-order valence-electron chi connectivity index (χ4n) is 1.13. The van der Waals surface area contributed by atoms with Crippen LogP contribution in [0.2, 0.25) is 0 Å². The van der Waals surface area contributed by atoms with Crippen LogP contribution < -0.4 is 5.32 Å². The quantitative estimate of drug-likeness (QED) is 0.395. The van der Waals surface area contributed by atoms with Gasteiger partial charge >= 0.3 is 0 Å². The number of carbonyl (C=O) groups excluding carboxylic acids is 1. The molecule has 0 atom stereocenters. The third-order valence-corrected chi connectivity index (χ3v) is 4.30. The lowest BCUT2D eigenvalue weighted by atomic mass is 10.4. The van der Waals surface area contributed by atoms with Gasteiger partial charge < -0.3 is 5.32 Å². The maximum absolute atomic E-state index is 10.9. The Morgan fingerprint density at radius 3 is 2.53 bits per heavy atom. The Morgan fingerprint density at radius 2 is 2.00 bits per heavy atom. The number of carbonyl (C=O) groups is 1. The lowest BCUT2D eigenvalue weighted by molar-refractivity contribution is -0.116. The normalized spacial score (nSPS) is 11.6. The van der Waals surface area contributed by atoms with Gasteiger partial charge in [0.15, 0.2) is 0 Å². The van der Waals surface area contributed by atoms with Gasteiger partial charge in [-0.25, -0.2) is 0 Å². The second-order valence-corrected chi connectivity index (χ2v) is 5.87. The zero-order valence-electron chi connectivity index (χ0n) is 10.6. The Hall–Kier alpha value is -0.610. The van der Waals surface area contributed by atoms with E-state index in [4.69, 9.17) is 0 Å². The van der Waals surface area contributed by atoms with Crippen molar-refractivity contribution in [1.82, 2.24) is 5.32 Å². The smallest absolute Gasteiger partial charge is 0.243 e. The monoisotopic (exact) mass is 271 g/mol. The minimum absolute atomic E-state index is 0.104. The van der Waals surface area contributed by atoms with Gasteiger partial charge in [-0.3, -0.25) is 4.79 Å². The first-order valence-electron chi connectivity index (χ1n) is 5.64. The molecule has 0 aromatic rings. The van der Waals surface area contributed by atoms with Crippen LogP contribution in [0.25, 0.3) is 0 Å². The largest absolute Gasteiger partial charge is 0.353 e. The van der Waals surface area contributed by atoms with E-state index in [1.807, 2.05) is 17.8 Å². The first-order valence-corrected chi connectivity index (χ1v) is 7.62. The molecular weight excluding hydrogens is 250 g/mol. The third-order valence-electron chi connectivity index (χ3n) is 1.96. The second kappa shape index (κ2) is 10.5. The molecule has 0 spiro atoms. The Kier molecular flexibility index (Phi) is 10.2. The molecule has 0 aliphatic rings. The fraction of sp³-hybridized carbons (Fsp3) is 0.462. The van der Waals surface area contributed by atoms with Gasteiger partial charge in [-0.15, -0.1) is 23.5 Å². The van der Waals surface area contributed by atoms with E-state index in [0.717, 1.165) is 17.9 Å². The SMILES string of the molecule is C=CC(=O)NCCCS/C(C=C)=C(\C)SCC. The summed E-state index contributed by atoms with van der Waals surface area (Å²) in [6, 6.07) is 0. The van der Waals surface area contributed by atoms with Crippen molar-refractivity contribution in [2.45, 2.75) is 20.3 Å². The Bertz CT molecular complexity index is 298. The summed E-state index contributed by atoms with van der Waals surface area (Å²) < 4.78 is 0. The zero-order valence-corrected chi connectivity index (χ0v) is 12.3. The molecule has 1 N–H and O–H groups in total. The standard InChI is InChI=1S/C13H21NOS2/c1-5-12(11(4)16-7-3)17-10-8-9-14-13(15)6-2/h5-6H,1-2,7-10H2,3-4H3,(H,14,15)/b12-11+. The Morgan fingerprint density at radius 1 is 1.29 bits per heavy atom. The first kappa shape index (κ1) is 16.4. The van der Waals surface area contributed by atoms with Gasteiger partial charge in [0.05, 0.1) is 0 Å². The van der Waals surface area contributed by atoms with Crippen LogP contribution in [0.15, 0.2) is 35.1 Å². The highest BCUT2D eigenvalue weighted by Gasteiger charge is 2.00. The molecule has 96 valence electrons. The predicted molar refractivity (Wildman–Crippen MR) is 81.3 cm³/mol. The van der Waals surface area contributed by atoms with Crippen LogP contribution in [0.4, 0.5) is 0 Å². The predicted octanol–water partition coefficient (Wildman–Crippen LogP) is 3.58. The van der Waals surface area contributed by atoms with Crippen LogP contribution in [-0.4, -0.2) is 24.0 Å². The molecule has 0 rings (SSSR count). The molecule has 0 unspecified atom stereocenters. The molecule has 0 radical (unpaired) electrons. The minimum atomic E-state index is -0.104. The van der Waals surface area contributed by atoms with Crippen molar-refractivity contribution in [3.8, 4) is 0 Å². The van der Waals surface area contributed by atoms with E-state index in [2.05, 4.69) is 32.3 Å². The van der Waals surface area contributed by atoms with E-state index >= 15 is 0 Å². The van der Waals surface area contributed by atoms with Crippen molar-refractivity contribution in [3.05, 3.63) is 35.1 Å². The molecule has 0 bridgehead atoms. The summed E-state index contributed by atoms with van der Waals surface area (Å²) in [4.78, 5) is 13.5. The average Bonchev–Trinajstić information content (AvgIpc) is 2.33. The molecule has 0 aliphatic heterocycles. The number of rotatable bonds is 9. The van der Waals surface area contributed by atoms with Crippen LogP contribution in [0.1, 0.15) is 20.3 Å². The van der Waals surface area contributed by atoms with Crippen LogP contribution in [-0.2, 0) is 4.79 Å². The summed E-state index contributed by atoms with van der Waals surface area (Å²) in [6.07, 6.45) is 4.15.